The number of aromatic nitrogens is 2. The SMILES string of the molecule is CC1(C)c2cc3ccccc3cc2-c2c(-c3ccc(-c4ccc(-c5cc(-c6ccccc6-c6ccccc6)nc(-c6ccccc6)n5)cc4)c4ccccc34)cccc21. The molecule has 0 bridgehead atoms. The van der Waals surface area contributed by atoms with Crippen molar-refractivity contribution in [2.45, 2.75) is 19.3 Å². The maximum Gasteiger partial charge on any atom is 0.160 e. The van der Waals surface area contributed by atoms with E-state index in [4.69, 9.17) is 9.97 Å². The minimum Gasteiger partial charge on any atom is -0.228 e. The van der Waals surface area contributed by atoms with E-state index in [1.807, 2.05) is 18.2 Å². The summed E-state index contributed by atoms with van der Waals surface area (Å²) in [4.78, 5) is 10.3. The molecule has 0 unspecified atom stereocenters. The third kappa shape index (κ3) is 5.87. The summed E-state index contributed by atoms with van der Waals surface area (Å²) in [5.74, 6) is 0.707. The molecule has 1 aliphatic carbocycles. The van der Waals surface area contributed by atoms with Crippen molar-refractivity contribution in [3.63, 3.8) is 0 Å². The Hall–Kier alpha value is -7.42. The van der Waals surface area contributed by atoms with Gasteiger partial charge in [0, 0.05) is 22.1 Å². The monoisotopic (exact) mass is 752 g/mol. The van der Waals surface area contributed by atoms with E-state index in [0.29, 0.717) is 5.82 Å². The standard InChI is InChI=1S/C57H40N2/c1-57(2)51-27-15-26-49(55(51)50-34-41-20-9-10-21-42(41)35-52(50)57)47-33-32-44(45-23-12-13-24-46(45)47)38-28-30-39(31-29-38)53-36-54(59-56(58-53)40-18-7-4-8-19-40)48-25-14-11-22-43(48)37-16-5-3-6-17-37/h3-36H,1-2H3. The molecule has 0 saturated heterocycles. The van der Waals surface area contributed by atoms with Gasteiger partial charge in [0.1, 0.15) is 0 Å². The first-order valence-corrected chi connectivity index (χ1v) is 20.4. The molecular formula is C57H40N2. The van der Waals surface area contributed by atoms with Crippen molar-refractivity contribution in [2.75, 3.05) is 0 Å². The molecule has 0 radical (unpaired) electrons. The summed E-state index contributed by atoms with van der Waals surface area (Å²) in [6, 6.07) is 74.3. The molecule has 59 heavy (non-hydrogen) atoms. The zero-order valence-corrected chi connectivity index (χ0v) is 33.0. The Morgan fingerprint density at radius 2 is 0.864 bits per heavy atom. The minimum atomic E-state index is -0.0974. The van der Waals surface area contributed by atoms with Gasteiger partial charge in [-0.25, -0.2) is 9.97 Å². The highest BCUT2D eigenvalue weighted by molar-refractivity contribution is 6.09. The quantitative estimate of drug-likeness (QED) is 0.169. The van der Waals surface area contributed by atoms with Crippen molar-refractivity contribution in [1.29, 1.82) is 0 Å². The van der Waals surface area contributed by atoms with Crippen LogP contribution in [0, 0.1) is 0 Å². The molecule has 0 spiro atoms. The Labute approximate surface area is 345 Å². The van der Waals surface area contributed by atoms with Crippen LogP contribution in [0.3, 0.4) is 0 Å². The Kier molecular flexibility index (Phi) is 8.20. The van der Waals surface area contributed by atoms with E-state index in [2.05, 4.69) is 202 Å². The lowest BCUT2D eigenvalue weighted by Gasteiger charge is -2.22. The summed E-state index contributed by atoms with van der Waals surface area (Å²) < 4.78 is 0. The summed E-state index contributed by atoms with van der Waals surface area (Å²) in [5.41, 5.74) is 17.5. The van der Waals surface area contributed by atoms with Gasteiger partial charge < -0.3 is 0 Å². The van der Waals surface area contributed by atoms with Crippen LogP contribution in [0.5, 0.6) is 0 Å². The molecule has 0 aliphatic heterocycles. The van der Waals surface area contributed by atoms with E-state index in [1.54, 1.807) is 0 Å². The molecule has 0 N–H and O–H groups in total. The first kappa shape index (κ1) is 34.8. The molecule has 0 saturated carbocycles. The summed E-state index contributed by atoms with van der Waals surface area (Å²) >= 11 is 0. The zero-order valence-electron chi connectivity index (χ0n) is 33.0. The Balaban J connectivity index is 1.01. The van der Waals surface area contributed by atoms with E-state index in [-0.39, 0.29) is 5.41 Å². The van der Waals surface area contributed by atoms with Crippen LogP contribution < -0.4 is 0 Å². The van der Waals surface area contributed by atoms with Crippen LogP contribution in [0.4, 0.5) is 0 Å². The molecule has 0 fully saturated rings. The van der Waals surface area contributed by atoms with Gasteiger partial charge in [-0.15, -0.1) is 0 Å². The topological polar surface area (TPSA) is 25.8 Å². The Morgan fingerprint density at radius 1 is 0.322 bits per heavy atom. The van der Waals surface area contributed by atoms with Crippen molar-refractivity contribution >= 4 is 21.5 Å². The van der Waals surface area contributed by atoms with E-state index in [0.717, 1.165) is 39.2 Å². The Morgan fingerprint density at radius 3 is 1.61 bits per heavy atom. The average molecular weight is 753 g/mol. The highest BCUT2D eigenvalue weighted by Crippen LogP contribution is 2.54. The van der Waals surface area contributed by atoms with E-state index < -0.39 is 0 Å². The first-order valence-electron chi connectivity index (χ1n) is 20.4. The molecule has 278 valence electrons. The van der Waals surface area contributed by atoms with Crippen LogP contribution >= 0.6 is 0 Å². The predicted molar refractivity (Wildman–Crippen MR) is 247 cm³/mol. The molecule has 1 aliphatic rings. The van der Waals surface area contributed by atoms with Crippen LogP contribution in [-0.2, 0) is 5.41 Å². The second-order valence-corrected chi connectivity index (χ2v) is 16.1. The number of nitrogens with zero attached hydrogens (tertiary/aromatic N) is 2. The number of benzene rings is 9. The van der Waals surface area contributed by atoms with Gasteiger partial charge >= 0.3 is 0 Å². The number of hydrogen-bond donors (Lipinski definition) is 0. The predicted octanol–water partition coefficient (Wildman–Crippen LogP) is 15.1. The second kappa shape index (κ2) is 13.9. The lowest BCUT2D eigenvalue weighted by Crippen LogP contribution is -2.14. The van der Waals surface area contributed by atoms with Gasteiger partial charge in [-0.05, 0) is 95.4 Å². The van der Waals surface area contributed by atoms with Gasteiger partial charge in [0.15, 0.2) is 5.82 Å². The Bertz CT molecular complexity index is 3220. The van der Waals surface area contributed by atoms with Gasteiger partial charge in [0.25, 0.3) is 0 Å². The third-order valence-corrected chi connectivity index (χ3v) is 12.3. The molecule has 0 atom stereocenters. The largest absolute Gasteiger partial charge is 0.228 e. The van der Waals surface area contributed by atoms with E-state index in [9.17, 15) is 0 Å². The van der Waals surface area contributed by atoms with Crippen molar-refractivity contribution in [3.05, 3.63) is 217 Å². The maximum absolute atomic E-state index is 5.16. The van der Waals surface area contributed by atoms with Crippen LogP contribution in [0.1, 0.15) is 25.0 Å². The van der Waals surface area contributed by atoms with Gasteiger partial charge in [-0.1, -0.05) is 202 Å². The lowest BCUT2D eigenvalue weighted by atomic mass is 9.81. The van der Waals surface area contributed by atoms with Crippen molar-refractivity contribution < 1.29 is 0 Å². The van der Waals surface area contributed by atoms with E-state index in [1.165, 1.54) is 66.1 Å². The first-order chi connectivity index (χ1) is 29.0. The summed E-state index contributed by atoms with van der Waals surface area (Å²) in [6.07, 6.45) is 0. The number of hydrogen-bond acceptors (Lipinski definition) is 2. The van der Waals surface area contributed by atoms with Crippen LogP contribution in [0.25, 0.3) is 100.0 Å². The van der Waals surface area contributed by atoms with Gasteiger partial charge in [-0.2, -0.15) is 0 Å². The maximum atomic E-state index is 5.16. The van der Waals surface area contributed by atoms with E-state index >= 15 is 0 Å². The van der Waals surface area contributed by atoms with Gasteiger partial charge in [-0.3, -0.25) is 0 Å². The van der Waals surface area contributed by atoms with Crippen LogP contribution in [-0.4, -0.2) is 9.97 Å². The fourth-order valence-electron chi connectivity index (χ4n) is 9.33. The molecule has 2 nitrogen and oxygen atoms in total. The molecule has 11 rings (SSSR count). The fourth-order valence-corrected chi connectivity index (χ4v) is 9.33. The fraction of sp³-hybridized carbons (Fsp3) is 0.0526. The molecule has 0 amide bonds. The molecule has 10 aromatic rings. The smallest absolute Gasteiger partial charge is 0.160 e. The lowest BCUT2D eigenvalue weighted by molar-refractivity contribution is 0.661. The van der Waals surface area contributed by atoms with Crippen molar-refractivity contribution in [1.82, 2.24) is 9.97 Å². The molecule has 9 aromatic carbocycles. The highest BCUT2D eigenvalue weighted by Gasteiger charge is 2.37. The molecular weight excluding hydrogens is 713 g/mol. The third-order valence-electron chi connectivity index (χ3n) is 12.3. The number of fused-ring (bicyclic) bond motifs is 5. The summed E-state index contributed by atoms with van der Waals surface area (Å²) in [5, 5.41) is 5.05. The zero-order chi connectivity index (χ0) is 39.5. The summed E-state index contributed by atoms with van der Waals surface area (Å²) in [7, 11) is 0. The van der Waals surface area contributed by atoms with Crippen molar-refractivity contribution in [3.8, 4) is 78.4 Å². The number of rotatable bonds is 6. The highest BCUT2D eigenvalue weighted by atomic mass is 14.9. The second-order valence-electron chi connectivity index (χ2n) is 16.1. The molecule has 1 aromatic heterocycles. The molecule has 1 heterocycles. The van der Waals surface area contributed by atoms with Crippen molar-refractivity contribution in [2.24, 2.45) is 0 Å². The van der Waals surface area contributed by atoms with Crippen LogP contribution in [0.15, 0.2) is 206 Å². The molecule has 2 heteroatoms. The normalized spacial score (nSPS) is 12.7. The van der Waals surface area contributed by atoms with Gasteiger partial charge in [0.05, 0.1) is 11.4 Å². The summed E-state index contributed by atoms with van der Waals surface area (Å²) in [6.45, 7) is 4.74. The van der Waals surface area contributed by atoms with Gasteiger partial charge in [0.2, 0.25) is 0 Å². The average Bonchev–Trinajstić information content (AvgIpc) is 3.53. The van der Waals surface area contributed by atoms with Crippen LogP contribution in [0.2, 0.25) is 0 Å². The minimum absolute atomic E-state index is 0.0974.